The van der Waals surface area contributed by atoms with E-state index in [2.05, 4.69) is 37.4 Å². The van der Waals surface area contributed by atoms with Crippen LogP contribution < -0.4 is 10.5 Å². The van der Waals surface area contributed by atoms with Crippen LogP contribution in [0.3, 0.4) is 0 Å². The summed E-state index contributed by atoms with van der Waals surface area (Å²) in [5, 5.41) is 3.18. The number of aromatic nitrogens is 1. The number of nitrogens with two attached hydrogens (primary N) is 1. The molecule has 1 heterocycles. The lowest BCUT2D eigenvalue weighted by atomic mass is 10.1. The summed E-state index contributed by atoms with van der Waals surface area (Å²) < 4.78 is 5.73. The van der Waals surface area contributed by atoms with Gasteiger partial charge >= 0.3 is 0 Å². The van der Waals surface area contributed by atoms with Gasteiger partial charge in [-0.05, 0) is 43.2 Å². The van der Waals surface area contributed by atoms with Crippen molar-refractivity contribution in [2.24, 2.45) is 0 Å². The van der Waals surface area contributed by atoms with Crippen LogP contribution in [-0.2, 0) is 6.42 Å². The number of benzene rings is 2. The smallest absolute Gasteiger partial charge is 0.142 e. The normalized spacial score (nSPS) is 10.7. The Morgan fingerprint density at radius 3 is 2.70 bits per heavy atom. The third-order valence-corrected chi connectivity index (χ3v) is 4.76. The number of para-hydroxylation sites is 2. The van der Waals surface area contributed by atoms with Gasteiger partial charge in [-0.3, -0.25) is 0 Å². The van der Waals surface area contributed by atoms with Gasteiger partial charge in [-0.25, -0.2) is 4.98 Å². The first-order valence-corrected chi connectivity index (χ1v) is 8.51. The SMILES string of the molecule is Cc1ccc(-c2csc(CCOc3ccccc3N)n2)cc1C. The Kier molecular flexibility index (Phi) is 4.63. The van der Waals surface area contributed by atoms with Crippen molar-refractivity contribution in [3.8, 4) is 17.0 Å². The van der Waals surface area contributed by atoms with Gasteiger partial charge in [-0.15, -0.1) is 11.3 Å². The molecule has 3 nitrogen and oxygen atoms in total. The first-order chi connectivity index (χ1) is 11.1. The van der Waals surface area contributed by atoms with Crippen LogP contribution in [0.5, 0.6) is 5.75 Å². The van der Waals surface area contributed by atoms with Crippen LogP contribution in [0.2, 0.25) is 0 Å². The van der Waals surface area contributed by atoms with Crippen LogP contribution >= 0.6 is 11.3 Å². The van der Waals surface area contributed by atoms with Gasteiger partial charge in [0.1, 0.15) is 5.75 Å². The zero-order chi connectivity index (χ0) is 16.2. The maximum Gasteiger partial charge on any atom is 0.142 e. The van der Waals surface area contributed by atoms with Crippen molar-refractivity contribution in [2.75, 3.05) is 12.3 Å². The molecule has 0 amide bonds. The van der Waals surface area contributed by atoms with Crippen LogP contribution in [0.15, 0.2) is 47.8 Å². The molecule has 0 fully saturated rings. The highest BCUT2D eigenvalue weighted by atomic mass is 32.1. The molecule has 0 bridgehead atoms. The number of hydrogen-bond donors (Lipinski definition) is 1. The Balaban J connectivity index is 1.63. The number of ether oxygens (including phenoxy) is 1. The molecule has 0 unspecified atom stereocenters. The summed E-state index contributed by atoms with van der Waals surface area (Å²) in [6.45, 7) is 4.83. The third kappa shape index (κ3) is 3.71. The lowest BCUT2D eigenvalue weighted by molar-refractivity contribution is 0.323. The molecule has 0 aliphatic rings. The molecule has 2 N–H and O–H groups in total. The van der Waals surface area contributed by atoms with Crippen molar-refractivity contribution < 1.29 is 4.74 Å². The summed E-state index contributed by atoms with van der Waals surface area (Å²) >= 11 is 1.67. The van der Waals surface area contributed by atoms with Gasteiger partial charge < -0.3 is 10.5 Å². The second-order valence-corrected chi connectivity index (χ2v) is 6.50. The van der Waals surface area contributed by atoms with Gasteiger partial charge in [0.2, 0.25) is 0 Å². The van der Waals surface area contributed by atoms with Crippen molar-refractivity contribution >= 4 is 17.0 Å². The molecule has 0 atom stereocenters. The van der Waals surface area contributed by atoms with Crippen LogP contribution in [0, 0.1) is 13.8 Å². The van der Waals surface area contributed by atoms with E-state index in [1.165, 1.54) is 16.7 Å². The molecule has 1 aromatic heterocycles. The highest BCUT2D eigenvalue weighted by Crippen LogP contribution is 2.25. The van der Waals surface area contributed by atoms with E-state index in [-0.39, 0.29) is 0 Å². The number of nitrogens with zero attached hydrogens (tertiary/aromatic N) is 1. The van der Waals surface area contributed by atoms with E-state index in [9.17, 15) is 0 Å². The number of nitrogen functional groups attached to an aromatic ring is 1. The molecule has 4 heteroatoms. The fourth-order valence-electron chi connectivity index (χ4n) is 2.32. The van der Waals surface area contributed by atoms with Crippen molar-refractivity contribution in [1.82, 2.24) is 4.98 Å². The minimum atomic E-state index is 0.577. The average molecular weight is 324 g/mol. The quantitative estimate of drug-likeness (QED) is 0.696. The largest absolute Gasteiger partial charge is 0.491 e. The molecule has 3 rings (SSSR count). The summed E-state index contributed by atoms with van der Waals surface area (Å²) in [6, 6.07) is 14.0. The zero-order valence-electron chi connectivity index (χ0n) is 13.4. The second-order valence-electron chi connectivity index (χ2n) is 5.56. The highest BCUT2D eigenvalue weighted by molar-refractivity contribution is 7.09. The lowest BCUT2D eigenvalue weighted by Crippen LogP contribution is -2.03. The van der Waals surface area contributed by atoms with E-state index in [1.807, 2.05) is 24.3 Å². The van der Waals surface area contributed by atoms with Crippen LogP contribution in [0.1, 0.15) is 16.1 Å². The summed E-state index contributed by atoms with van der Waals surface area (Å²) in [5.41, 5.74) is 11.3. The first-order valence-electron chi connectivity index (χ1n) is 7.63. The van der Waals surface area contributed by atoms with E-state index in [0.717, 1.165) is 22.9 Å². The number of anilines is 1. The van der Waals surface area contributed by atoms with Crippen molar-refractivity contribution in [2.45, 2.75) is 20.3 Å². The van der Waals surface area contributed by atoms with Gasteiger partial charge in [0.15, 0.2) is 0 Å². The maximum atomic E-state index is 5.87. The molecule has 0 aliphatic carbocycles. The molecule has 2 aromatic carbocycles. The first kappa shape index (κ1) is 15.6. The predicted molar refractivity (Wildman–Crippen MR) is 97.1 cm³/mol. The molecular weight excluding hydrogens is 304 g/mol. The summed E-state index contributed by atoms with van der Waals surface area (Å²) in [5.74, 6) is 0.735. The van der Waals surface area contributed by atoms with Gasteiger partial charge in [-0.1, -0.05) is 24.3 Å². The molecule has 0 radical (unpaired) electrons. The average Bonchev–Trinajstić information content (AvgIpc) is 3.01. The molecule has 0 spiro atoms. The third-order valence-electron chi connectivity index (χ3n) is 3.85. The van der Waals surface area contributed by atoms with E-state index < -0.39 is 0 Å². The molecule has 0 aliphatic heterocycles. The number of rotatable bonds is 5. The van der Waals surface area contributed by atoms with Crippen molar-refractivity contribution in [1.29, 1.82) is 0 Å². The molecule has 3 aromatic rings. The number of hydrogen-bond acceptors (Lipinski definition) is 4. The maximum absolute atomic E-state index is 5.87. The topological polar surface area (TPSA) is 48.1 Å². The molecule has 0 saturated carbocycles. The Labute approximate surface area is 140 Å². The van der Waals surface area contributed by atoms with Gasteiger partial charge in [0, 0.05) is 17.4 Å². The minimum absolute atomic E-state index is 0.577. The van der Waals surface area contributed by atoms with E-state index in [0.29, 0.717) is 12.3 Å². The van der Waals surface area contributed by atoms with E-state index in [1.54, 1.807) is 11.3 Å². The summed E-state index contributed by atoms with van der Waals surface area (Å²) in [6.07, 6.45) is 0.782. The monoisotopic (exact) mass is 324 g/mol. The van der Waals surface area contributed by atoms with Crippen LogP contribution in [-0.4, -0.2) is 11.6 Å². The minimum Gasteiger partial charge on any atom is -0.491 e. The standard InChI is InChI=1S/C19H20N2OS/c1-13-7-8-15(11-14(13)2)17-12-23-19(21-17)9-10-22-18-6-4-3-5-16(18)20/h3-8,11-12H,9-10,20H2,1-2H3. The van der Waals surface area contributed by atoms with Crippen LogP contribution in [0.25, 0.3) is 11.3 Å². The van der Waals surface area contributed by atoms with Gasteiger partial charge in [-0.2, -0.15) is 0 Å². The Morgan fingerprint density at radius 1 is 1.09 bits per heavy atom. The second kappa shape index (κ2) is 6.84. The Bertz CT molecular complexity index is 811. The Morgan fingerprint density at radius 2 is 1.91 bits per heavy atom. The highest BCUT2D eigenvalue weighted by Gasteiger charge is 2.06. The summed E-state index contributed by atoms with van der Waals surface area (Å²) in [7, 11) is 0. The fraction of sp³-hybridized carbons (Fsp3) is 0.211. The van der Waals surface area contributed by atoms with Crippen molar-refractivity contribution in [3.05, 3.63) is 64.0 Å². The Hall–Kier alpha value is -2.33. The predicted octanol–water partition coefficient (Wildman–Crippen LogP) is 4.63. The molecule has 0 saturated heterocycles. The van der Waals surface area contributed by atoms with Gasteiger partial charge in [0.05, 0.1) is 23.0 Å². The summed E-state index contributed by atoms with van der Waals surface area (Å²) in [4.78, 5) is 4.71. The van der Waals surface area contributed by atoms with Crippen molar-refractivity contribution in [3.63, 3.8) is 0 Å². The van der Waals surface area contributed by atoms with Crippen LogP contribution in [0.4, 0.5) is 5.69 Å². The zero-order valence-corrected chi connectivity index (χ0v) is 14.2. The molecular formula is C19H20N2OS. The molecule has 23 heavy (non-hydrogen) atoms. The molecule has 118 valence electrons. The fourth-order valence-corrected chi connectivity index (χ4v) is 3.11. The van der Waals surface area contributed by atoms with E-state index in [4.69, 9.17) is 15.5 Å². The van der Waals surface area contributed by atoms with E-state index >= 15 is 0 Å². The number of thiazole rings is 1. The number of aryl methyl sites for hydroxylation is 2. The lowest BCUT2D eigenvalue weighted by Gasteiger charge is -2.07. The van der Waals surface area contributed by atoms with Gasteiger partial charge in [0.25, 0.3) is 0 Å².